The number of carbonyl (C=O) groups is 1. The summed E-state index contributed by atoms with van der Waals surface area (Å²) >= 11 is 0. The van der Waals surface area contributed by atoms with E-state index in [4.69, 9.17) is 0 Å². The predicted octanol–water partition coefficient (Wildman–Crippen LogP) is 4.27. The van der Waals surface area contributed by atoms with Gasteiger partial charge in [0.25, 0.3) is 15.9 Å². The zero-order valence-corrected chi connectivity index (χ0v) is 20.6. The molecule has 0 unspecified atom stereocenters. The lowest BCUT2D eigenvalue weighted by Crippen LogP contribution is -2.48. The number of amides is 1. The normalized spacial score (nSPS) is 14.6. The van der Waals surface area contributed by atoms with Gasteiger partial charge in [0, 0.05) is 44.3 Å². The molecule has 4 aromatic rings. The van der Waals surface area contributed by atoms with Gasteiger partial charge in [-0.15, -0.1) is 0 Å². The molecule has 0 saturated carbocycles. The van der Waals surface area contributed by atoms with Crippen LogP contribution in [0.2, 0.25) is 0 Å². The van der Waals surface area contributed by atoms with Gasteiger partial charge in [0.05, 0.1) is 16.8 Å². The lowest BCUT2D eigenvalue weighted by molar-refractivity contribution is 0.0624. The number of halogens is 2. The Morgan fingerprint density at radius 2 is 1.65 bits per heavy atom. The summed E-state index contributed by atoms with van der Waals surface area (Å²) in [5, 5.41) is 0.662. The van der Waals surface area contributed by atoms with Crippen molar-refractivity contribution in [3.8, 4) is 0 Å². The maximum atomic E-state index is 14.9. The standard InChI is InChI=1S/C27H24F2N4O3S/c28-21-8-6-19(7-9-21)18-32-13-15-33(16-14-32)27(34)23-11-10-22(17-24(23)29)31-37(35,36)25-5-1-3-20-4-2-12-30-26(20)25/h1-12,17,31H,13-16,18H2. The third kappa shape index (κ3) is 5.45. The first-order valence-electron chi connectivity index (χ1n) is 11.7. The Balaban J connectivity index is 1.25. The number of para-hydroxylation sites is 1. The number of anilines is 1. The molecule has 0 bridgehead atoms. The minimum Gasteiger partial charge on any atom is -0.336 e. The number of aromatic nitrogens is 1. The lowest BCUT2D eigenvalue weighted by Gasteiger charge is -2.34. The molecular formula is C27H24F2N4O3S. The summed E-state index contributed by atoms with van der Waals surface area (Å²) in [6.45, 7) is 2.67. The van der Waals surface area contributed by atoms with Gasteiger partial charge in [-0.2, -0.15) is 0 Å². The number of piperazine rings is 1. The van der Waals surface area contributed by atoms with E-state index < -0.39 is 21.7 Å². The Hall–Kier alpha value is -3.89. The van der Waals surface area contributed by atoms with E-state index in [2.05, 4.69) is 14.6 Å². The molecule has 2 heterocycles. The average molecular weight is 523 g/mol. The molecule has 190 valence electrons. The van der Waals surface area contributed by atoms with Crippen molar-refractivity contribution in [1.82, 2.24) is 14.8 Å². The fraction of sp³-hybridized carbons (Fsp3) is 0.185. The van der Waals surface area contributed by atoms with Gasteiger partial charge in [0.1, 0.15) is 16.5 Å². The molecule has 0 aliphatic carbocycles. The minimum absolute atomic E-state index is 0.00565. The first kappa shape index (κ1) is 24.8. The highest BCUT2D eigenvalue weighted by atomic mass is 32.2. The average Bonchev–Trinajstić information content (AvgIpc) is 2.89. The molecule has 0 atom stereocenters. The Morgan fingerprint density at radius 3 is 2.38 bits per heavy atom. The summed E-state index contributed by atoms with van der Waals surface area (Å²) in [6.07, 6.45) is 1.50. The maximum Gasteiger partial charge on any atom is 0.264 e. The molecule has 37 heavy (non-hydrogen) atoms. The van der Waals surface area contributed by atoms with E-state index in [-0.39, 0.29) is 22.0 Å². The van der Waals surface area contributed by atoms with Crippen molar-refractivity contribution in [2.45, 2.75) is 11.4 Å². The molecule has 3 aromatic carbocycles. The van der Waals surface area contributed by atoms with Crippen LogP contribution in [-0.2, 0) is 16.6 Å². The zero-order chi connectivity index (χ0) is 26.0. The van der Waals surface area contributed by atoms with E-state index in [0.717, 1.165) is 11.6 Å². The summed E-state index contributed by atoms with van der Waals surface area (Å²) in [4.78, 5) is 20.8. The lowest BCUT2D eigenvalue weighted by atomic mass is 10.1. The van der Waals surface area contributed by atoms with Gasteiger partial charge < -0.3 is 4.90 Å². The Morgan fingerprint density at radius 1 is 0.919 bits per heavy atom. The van der Waals surface area contributed by atoms with Crippen LogP contribution < -0.4 is 4.72 Å². The van der Waals surface area contributed by atoms with Crippen molar-refractivity contribution in [1.29, 1.82) is 0 Å². The van der Waals surface area contributed by atoms with Crippen LogP contribution in [0.1, 0.15) is 15.9 Å². The second-order valence-corrected chi connectivity index (χ2v) is 10.5. The van der Waals surface area contributed by atoms with Gasteiger partial charge in [-0.05, 0) is 48.0 Å². The van der Waals surface area contributed by atoms with Crippen LogP contribution in [0.5, 0.6) is 0 Å². The maximum absolute atomic E-state index is 14.9. The fourth-order valence-corrected chi connectivity index (χ4v) is 5.61. The van der Waals surface area contributed by atoms with Gasteiger partial charge in [-0.1, -0.05) is 30.3 Å². The van der Waals surface area contributed by atoms with Crippen LogP contribution in [0.3, 0.4) is 0 Å². The van der Waals surface area contributed by atoms with E-state index in [1.165, 1.54) is 36.5 Å². The number of fused-ring (bicyclic) bond motifs is 1. The van der Waals surface area contributed by atoms with Gasteiger partial charge in [0.15, 0.2) is 0 Å². The van der Waals surface area contributed by atoms with Gasteiger partial charge in [-0.3, -0.25) is 19.4 Å². The van der Waals surface area contributed by atoms with Crippen LogP contribution in [0.25, 0.3) is 10.9 Å². The number of hydrogen-bond donors (Lipinski definition) is 1. The molecule has 0 radical (unpaired) electrons. The highest BCUT2D eigenvalue weighted by molar-refractivity contribution is 7.93. The van der Waals surface area contributed by atoms with Crippen molar-refractivity contribution < 1.29 is 22.0 Å². The molecule has 1 amide bonds. The summed E-state index contributed by atoms with van der Waals surface area (Å²) in [7, 11) is -4.05. The number of nitrogens with zero attached hydrogens (tertiary/aromatic N) is 3. The first-order chi connectivity index (χ1) is 17.8. The van der Waals surface area contributed by atoms with Crippen LogP contribution in [0.4, 0.5) is 14.5 Å². The second-order valence-electron chi connectivity index (χ2n) is 8.83. The van der Waals surface area contributed by atoms with Gasteiger partial charge in [0.2, 0.25) is 0 Å². The largest absolute Gasteiger partial charge is 0.336 e. The van der Waals surface area contributed by atoms with Crippen LogP contribution in [0, 0.1) is 11.6 Å². The molecule has 1 saturated heterocycles. The zero-order valence-electron chi connectivity index (χ0n) is 19.8. The number of sulfonamides is 1. The number of pyridine rings is 1. The minimum atomic E-state index is -4.05. The molecule has 1 aliphatic heterocycles. The molecule has 0 spiro atoms. The van der Waals surface area contributed by atoms with E-state index in [0.29, 0.717) is 43.6 Å². The molecule has 10 heteroatoms. The highest BCUT2D eigenvalue weighted by Gasteiger charge is 2.25. The smallest absolute Gasteiger partial charge is 0.264 e. The number of nitrogens with one attached hydrogen (secondary N) is 1. The first-order valence-corrected chi connectivity index (χ1v) is 13.2. The van der Waals surface area contributed by atoms with Crippen molar-refractivity contribution in [2.24, 2.45) is 0 Å². The third-order valence-electron chi connectivity index (χ3n) is 6.32. The van der Waals surface area contributed by atoms with Crippen LogP contribution in [-0.4, -0.2) is 55.3 Å². The monoisotopic (exact) mass is 522 g/mol. The summed E-state index contributed by atoms with van der Waals surface area (Å²) in [5.74, 6) is -1.55. The van der Waals surface area contributed by atoms with E-state index in [1.54, 1.807) is 41.3 Å². The van der Waals surface area contributed by atoms with Crippen molar-refractivity contribution in [3.05, 3.63) is 102 Å². The Labute approximate surface area is 213 Å². The molecule has 1 aliphatic rings. The molecule has 1 N–H and O–H groups in total. The third-order valence-corrected chi connectivity index (χ3v) is 7.73. The van der Waals surface area contributed by atoms with Crippen molar-refractivity contribution in [2.75, 3.05) is 30.9 Å². The van der Waals surface area contributed by atoms with Crippen LogP contribution >= 0.6 is 0 Å². The SMILES string of the molecule is O=C(c1ccc(NS(=O)(=O)c2cccc3cccnc23)cc1F)N1CCN(Cc2ccc(F)cc2)CC1. The Bertz CT molecular complexity index is 1550. The molecule has 5 rings (SSSR count). The number of carbonyl (C=O) groups excluding carboxylic acids is 1. The van der Waals surface area contributed by atoms with Crippen molar-refractivity contribution in [3.63, 3.8) is 0 Å². The number of hydrogen-bond acceptors (Lipinski definition) is 5. The Kier molecular flexibility index (Phi) is 6.86. The molecule has 1 fully saturated rings. The summed E-state index contributed by atoms with van der Waals surface area (Å²) in [5.41, 5.74) is 1.17. The summed E-state index contributed by atoms with van der Waals surface area (Å²) < 4.78 is 56.4. The summed E-state index contributed by atoms with van der Waals surface area (Å²) in [6, 6.07) is 18.2. The quantitative estimate of drug-likeness (QED) is 0.409. The fourth-order valence-electron chi connectivity index (χ4n) is 4.38. The number of rotatable bonds is 6. The highest BCUT2D eigenvalue weighted by Crippen LogP contribution is 2.25. The number of benzene rings is 3. The van der Waals surface area contributed by atoms with E-state index >= 15 is 0 Å². The molecular weight excluding hydrogens is 498 g/mol. The van der Waals surface area contributed by atoms with E-state index in [1.807, 2.05) is 0 Å². The van der Waals surface area contributed by atoms with Gasteiger partial charge >= 0.3 is 0 Å². The van der Waals surface area contributed by atoms with Gasteiger partial charge in [-0.25, -0.2) is 17.2 Å². The topological polar surface area (TPSA) is 82.6 Å². The molecule has 7 nitrogen and oxygen atoms in total. The molecule has 1 aromatic heterocycles. The second kappa shape index (κ2) is 10.2. The van der Waals surface area contributed by atoms with E-state index in [9.17, 15) is 22.0 Å². The predicted molar refractivity (Wildman–Crippen MR) is 137 cm³/mol. The van der Waals surface area contributed by atoms with Crippen molar-refractivity contribution >= 4 is 32.5 Å². The van der Waals surface area contributed by atoms with Crippen LogP contribution in [0.15, 0.2) is 83.9 Å².